The standard InChI is InChI=1S/C21H25N3OS/c1-26-21-17(4-5-18(22-21)24-6-2-3-7-24)20(25)23-19-15-9-13-8-14(11-15)12-16(19)10-13/h2-7,13-16,19H,8-12H2,1H3,(H,23,25). The lowest BCUT2D eigenvalue weighted by molar-refractivity contribution is -0.0120. The van der Waals surface area contributed by atoms with Gasteiger partial charge in [0.1, 0.15) is 10.8 Å². The molecule has 4 aliphatic carbocycles. The van der Waals surface area contributed by atoms with Crippen molar-refractivity contribution in [3.8, 4) is 5.82 Å². The van der Waals surface area contributed by atoms with Gasteiger partial charge in [0.05, 0.1) is 5.56 Å². The Morgan fingerprint density at radius 1 is 1.08 bits per heavy atom. The van der Waals surface area contributed by atoms with Crippen LogP contribution in [-0.2, 0) is 0 Å². The number of nitrogens with one attached hydrogen (secondary N) is 1. The highest BCUT2D eigenvalue weighted by Gasteiger charge is 2.48. The van der Waals surface area contributed by atoms with E-state index in [2.05, 4.69) is 5.32 Å². The number of carbonyl (C=O) groups is 1. The minimum Gasteiger partial charge on any atom is -0.349 e. The highest BCUT2D eigenvalue weighted by molar-refractivity contribution is 7.98. The van der Waals surface area contributed by atoms with E-state index in [1.54, 1.807) is 11.8 Å². The molecule has 0 aliphatic heterocycles. The molecule has 4 nitrogen and oxygen atoms in total. The molecular formula is C21H25N3OS. The highest BCUT2D eigenvalue weighted by atomic mass is 32.2. The van der Waals surface area contributed by atoms with Crippen LogP contribution in [0.15, 0.2) is 41.7 Å². The fourth-order valence-electron chi connectivity index (χ4n) is 5.78. The molecule has 0 aromatic carbocycles. The number of carbonyl (C=O) groups excluding carboxylic acids is 1. The molecule has 4 fully saturated rings. The predicted molar refractivity (Wildman–Crippen MR) is 104 cm³/mol. The maximum absolute atomic E-state index is 13.0. The van der Waals surface area contributed by atoms with Crippen LogP contribution in [0.2, 0.25) is 0 Å². The van der Waals surface area contributed by atoms with Crippen LogP contribution in [0.5, 0.6) is 0 Å². The molecule has 1 amide bonds. The Bertz CT molecular complexity index is 789. The lowest BCUT2D eigenvalue weighted by atomic mass is 9.54. The van der Waals surface area contributed by atoms with Gasteiger partial charge >= 0.3 is 0 Å². The second kappa shape index (κ2) is 6.45. The molecule has 4 aliphatic rings. The number of hydrogen-bond acceptors (Lipinski definition) is 3. The lowest BCUT2D eigenvalue weighted by Gasteiger charge is -2.54. The molecule has 0 atom stereocenters. The van der Waals surface area contributed by atoms with Gasteiger partial charge in [-0.1, -0.05) is 0 Å². The van der Waals surface area contributed by atoms with Crippen LogP contribution >= 0.6 is 11.8 Å². The molecule has 0 spiro atoms. The summed E-state index contributed by atoms with van der Waals surface area (Å²) in [5.41, 5.74) is 0.710. The van der Waals surface area contributed by atoms with Crippen molar-refractivity contribution in [3.05, 3.63) is 42.2 Å². The molecule has 2 aromatic heterocycles. The number of nitrogens with zero attached hydrogens (tertiary/aromatic N) is 2. The van der Waals surface area contributed by atoms with Crippen molar-refractivity contribution in [2.75, 3.05) is 6.26 Å². The van der Waals surface area contributed by atoms with E-state index in [1.165, 1.54) is 32.1 Å². The fraction of sp³-hybridized carbons (Fsp3) is 0.524. The van der Waals surface area contributed by atoms with Crippen molar-refractivity contribution in [1.29, 1.82) is 0 Å². The zero-order chi connectivity index (χ0) is 17.7. The molecule has 2 heterocycles. The van der Waals surface area contributed by atoms with Crippen molar-refractivity contribution in [3.63, 3.8) is 0 Å². The minimum atomic E-state index is 0.0541. The lowest BCUT2D eigenvalue weighted by Crippen LogP contribution is -2.55. The first-order valence-corrected chi connectivity index (χ1v) is 10.9. The van der Waals surface area contributed by atoms with Crippen LogP contribution in [0, 0.1) is 23.7 Å². The van der Waals surface area contributed by atoms with Gasteiger partial charge in [0.2, 0.25) is 0 Å². The summed E-state index contributed by atoms with van der Waals surface area (Å²) >= 11 is 1.54. The van der Waals surface area contributed by atoms with Crippen molar-refractivity contribution < 1.29 is 4.79 Å². The maximum Gasteiger partial charge on any atom is 0.254 e. The second-order valence-corrected chi connectivity index (χ2v) is 9.04. The Morgan fingerprint density at radius 3 is 2.35 bits per heavy atom. The minimum absolute atomic E-state index is 0.0541. The topological polar surface area (TPSA) is 46.9 Å². The Hall–Kier alpha value is -1.75. The van der Waals surface area contributed by atoms with Gasteiger partial charge in [0.15, 0.2) is 0 Å². The zero-order valence-corrected chi connectivity index (χ0v) is 15.9. The van der Waals surface area contributed by atoms with Gasteiger partial charge in [-0.3, -0.25) is 4.79 Å². The largest absolute Gasteiger partial charge is 0.349 e. The summed E-state index contributed by atoms with van der Waals surface area (Å²) in [5, 5.41) is 4.21. The van der Waals surface area contributed by atoms with Crippen LogP contribution in [0.25, 0.3) is 5.82 Å². The number of rotatable bonds is 4. The van der Waals surface area contributed by atoms with Crippen LogP contribution in [-0.4, -0.2) is 27.8 Å². The van der Waals surface area contributed by atoms with Crippen LogP contribution < -0.4 is 5.32 Å². The Kier molecular flexibility index (Phi) is 4.07. The molecule has 4 bridgehead atoms. The van der Waals surface area contributed by atoms with Crippen molar-refractivity contribution in [2.24, 2.45) is 23.7 Å². The van der Waals surface area contributed by atoms with E-state index >= 15 is 0 Å². The number of pyridine rings is 1. The van der Waals surface area contributed by atoms with E-state index in [-0.39, 0.29) is 5.91 Å². The summed E-state index contributed by atoms with van der Waals surface area (Å²) in [6, 6.07) is 8.19. The van der Waals surface area contributed by atoms with Gasteiger partial charge in [-0.15, -0.1) is 11.8 Å². The highest BCUT2D eigenvalue weighted by Crippen LogP contribution is 2.53. The van der Waals surface area contributed by atoms with Crippen LogP contribution in [0.1, 0.15) is 42.5 Å². The molecular weight excluding hydrogens is 342 g/mol. The first-order chi connectivity index (χ1) is 12.7. The Morgan fingerprint density at radius 2 is 1.73 bits per heavy atom. The van der Waals surface area contributed by atoms with Crippen LogP contribution in [0.3, 0.4) is 0 Å². The summed E-state index contributed by atoms with van der Waals surface area (Å²) in [4.78, 5) is 17.7. The average molecular weight is 368 g/mol. The maximum atomic E-state index is 13.0. The van der Waals surface area contributed by atoms with E-state index in [9.17, 15) is 4.79 Å². The first kappa shape index (κ1) is 16.4. The molecule has 136 valence electrons. The monoisotopic (exact) mass is 367 g/mol. The molecule has 0 unspecified atom stereocenters. The number of hydrogen-bond donors (Lipinski definition) is 1. The Balaban J connectivity index is 1.37. The molecule has 0 saturated heterocycles. The fourth-order valence-corrected chi connectivity index (χ4v) is 6.35. The third kappa shape index (κ3) is 2.77. The quantitative estimate of drug-likeness (QED) is 0.826. The van der Waals surface area contributed by atoms with Crippen molar-refractivity contribution in [2.45, 2.75) is 43.2 Å². The normalized spacial score (nSPS) is 32.0. The number of aromatic nitrogens is 2. The smallest absolute Gasteiger partial charge is 0.254 e. The van der Waals surface area contributed by atoms with Gasteiger partial charge in [-0.25, -0.2) is 4.98 Å². The molecule has 5 heteroatoms. The molecule has 4 saturated carbocycles. The van der Waals surface area contributed by atoms with Crippen molar-refractivity contribution in [1.82, 2.24) is 14.9 Å². The molecule has 2 aromatic rings. The third-order valence-corrected chi connectivity index (χ3v) is 7.37. The molecule has 1 N–H and O–H groups in total. The van der Waals surface area contributed by atoms with E-state index in [0.29, 0.717) is 23.4 Å². The summed E-state index contributed by atoms with van der Waals surface area (Å²) in [6.07, 6.45) is 12.6. The predicted octanol–water partition coefficient (Wildman–Crippen LogP) is 4.15. The zero-order valence-electron chi connectivity index (χ0n) is 15.1. The second-order valence-electron chi connectivity index (χ2n) is 8.25. The Labute approximate surface area is 158 Å². The third-order valence-electron chi connectivity index (χ3n) is 6.68. The number of thioether (sulfide) groups is 1. The molecule has 26 heavy (non-hydrogen) atoms. The van der Waals surface area contributed by atoms with E-state index < -0.39 is 0 Å². The van der Waals surface area contributed by atoms with E-state index in [4.69, 9.17) is 4.98 Å². The van der Waals surface area contributed by atoms with Crippen molar-refractivity contribution >= 4 is 17.7 Å². The average Bonchev–Trinajstić information content (AvgIpc) is 3.18. The molecule has 0 radical (unpaired) electrons. The summed E-state index contributed by atoms with van der Waals surface area (Å²) in [6.45, 7) is 0. The van der Waals surface area contributed by atoms with Crippen LogP contribution in [0.4, 0.5) is 0 Å². The SMILES string of the molecule is CSc1nc(-n2cccc2)ccc1C(=O)NC1C2CC3CC(C2)CC1C3. The van der Waals surface area contributed by atoms with E-state index in [1.807, 2.05) is 47.5 Å². The van der Waals surface area contributed by atoms with Gasteiger partial charge in [-0.05, 0) is 86.3 Å². The summed E-state index contributed by atoms with van der Waals surface area (Å²) < 4.78 is 1.97. The first-order valence-electron chi connectivity index (χ1n) is 9.70. The number of amides is 1. The summed E-state index contributed by atoms with van der Waals surface area (Å²) in [5.74, 6) is 4.15. The van der Waals surface area contributed by atoms with Gasteiger partial charge < -0.3 is 9.88 Å². The van der Waals surface area contributed by atoms with Gasteiger partial charge in [-0.2, -0.15) is 0 Å². The van der Waals surface area contributed by atoms with Gasteiger partial charge in [0, 0.05) is 18.4 Å². The van der Waals surface area contributed by atoms with Gasteiger partial charge in [0.25, 0.3) is 5.91 Å². The molecule has 6 rings (SSSR count). The van der Waals surface area contributed by atoms with E-state index in [0.717, 1.165) is 22.7 Å². The summed E-state index contributed by atoms with van der Waals surface area (Å²) in [7, 11) is 0.